The van der Waals surface area contributed by atoms with E-state index in [1.165, 1.54) is 0 Å². The molecule has 2 aliphatic rings. The molecule has 36 heavy (non-hydrogen) atoms. The van der Waals surface area contributed by atoms with Crippen molar-refractivity contribution < 1.29 is 27.4 Å². The van der Waals surface area contributed by atoms with E-state index in [4.69, 9.17) is 4.74 Å². The van der Waals surface area contributed by atoms with Crippen LogP contribution in [0.2, 0.25) is 0 Å². The van der Waals surface area contributed by atoms with Gasteiger partial charge in [-0.05, 0) is 55.0 Å². The maximum absolute atomic E-state index is 14.8. The minimum Gasteiger partial charge on any atom is -0.491 e. The number of ether oxygens (including phenoxy) is 1. The predicted molar refractivity (Wildman–Crippen MR) is 134 cm³/mol. The highest BCUT2D eigenvalue weighted by molar-refractivity contribution is 5.79. The van der Waals surface area contributed by atoms with E-state index in [9.17, 15) is 22.7 Å². The van der Waals surface area contributed by atoms with Gasteiger partial charge in [0, 0.05) is 17.4 Å². The van der Waals surface area contributed by atoms with Crippen LogP contribution < -0.4 is 0 Å². The van der Waals surface area contributed by atoms with E-state index in [0.717, 1.165) is 5.56 Å². The number of halogens is 4. The lowest BCUT2D eigenvalue weighted by Crippen LogP contribution is -2.08. The Balaban J connectivity index is 1.44. The molecule has 1 N–H and O–H groups in total. The summed E-state index contributed by atoms with van der Waals surface area (Å²) in [6, 6.07) is 13.6. The van der Waals surface area contributed by atoms with E-state index >= 15 is 0 Å². The monoisotopic (exact) mass is 496 g/mol. The van der Waals surface area contributed by atoms with Crippen molar-refractivity contribution in [1.82, 2.24) is 0 Å². The zero-order valence-electron chi connectivity index (χ0n) is 20.1. The van der Waals surface area contributed by atoms with Crippen molar-refractivity contribution in [2.24, 2.45) is 5.92 Å². The molecule has 3 unspecified atom stereocenters. The predicted octanol–water partition coefficient (Wildman–Crippen LogP) is 8.57. The van der Waals surface area contributed by atoms with E-state index in [-0.39, 0.29) is 24.4 Å². The van der Waals surface area contributed by atoms with Crippen molar-refractivity contribution in [2.45, 2.75) is 38.7 Å². The van der Waals surface area contributed by atoms with Crippen LogP contribution in [-0.4, -0.2) is 11.7 Å². The first-order chi connectivity index (χ1) is 17.3. The van der Waals surface area contributed by atoms with E-state index < -0.39 is 41.2 Å². The summed E-state index contributed by atoms with van der Waals surface area (Å²) >= 11 is 0. The molecule has 0 saturated heterocycles. The summed E-state index contributed by atoms with van der Waals surface area (Å²) in [5, 5.41) is 9.63. The van der Waals surface area contributed by atoms with Gasteiger partial charge in [0.2, 0.25) is 0 Å². The molecule has 0 fully saturated rings. The highest BCUT2D eigenvalue weighted by Crippen LogP contribution is 2.40. The summed E-state index contributed by atoms with van der Waals surface area (Å²) in [6.07, 6.45) is 6.47. The van der Waals surface area contributed by atoms with Crippen molar-refractivity contribution >= 4 is 11.6 Å². The number of aliphatic hydroxyl groups is 1. The largest absolute Gasteiger partial charge is 0.491 e. The van der Waals surface area contributed by atoms with E-state index in [1.807, 2.05) is 0 Å². The summed E-state index contributed by atoms with van der Waals surface area (Å²) in [7, 11) is 0. The second-order valence-corrected chi connectivity index (χ2v) is 8.90. The van der Waals surface area contributed by atoms with Gasteiger partial charge in [0.25, 0.3) is 0 Å². The Morgan fingerprint density at radius 2 is 1.61 bits per heavy atom. The molecular weight excluding hydrogens is 468 g/mol. The van der Waals surface area contributed by atoms with E-state index in [2.05, 4.69) is 0 Å². The fourth-order valence-corrected chi connectivity index (χ4v) is 4.39. The first-order valence-corrected chi connectivity index (χ1v) is 12.0. The molecule has 0 saturated carbocycles. The normalized spacial score (nSPS) is 21.5. The third-order valence-corrected chi connectivity index (χ3v) is 6.48. The quantitative estimate of drug-likeness (QED) is 0.389. The number of aliphatic hydroxyl groups excluding tert-OH is 1. The maximum atomic E-state index is 14.8. The average Bonchev–Trinajstić information content (AvgIpc) is 2.88. The maximum Gasteiger partial charge on any atom is 0.196 e. The van der Waals surface area contributed by atoms with E-state index in [1.54, 1.807) is 86.7 Å². The van der Waals surface area contributed by atoms with Gasteiger partial charge >= 0.3 is 0 Å². The molecule has 0 aromatic heterocycles. The first-order valence-electron chi connectivity index (χ1n) is 12.0. The molecule has 2 nitrogen and oxygen atoms in total. The smallest absolute Gasteiger partial charge is 0.196 e. The van der Waals surface area contributed by atoms with Gasteiger partial charge in [0.05, 0.1) is 12.7 Å². The highest BCUT2D eigenvalue weighted by Gasteiger charge is 2.28. The van der Waals surface area contributed by atoms with Crippen LogP contribution in [0.3, 0.4) is 0 Å². The molecular formula is C30H28F4O2. The summed E-state index contributed by atoms with van der Waals surface area (Å²) in [6.45, 7) is 3.61. The van der Waals surface area contributed by atoms with Crippen LogP contribution in [0.25, 0.3) is 11.6 Å². The molecule has 4 rings (SSSR count). The molecule has 2 aromatic rings. The number of hydrogen-bond donors (Lipinski definition) is 1. The molecule has 2 aromatic carbocycles. The van der Waals surface area contributed by atoms with Crippen LogP contribution in [0.1, 0.15) is 61.0 Å². The SMILES string of the molecule is CCOC1=CCC(c2ccc(/C=C/C3CC=C(c4ccc(C(C)O)cc4)C(F)=C3F)cc2)C(F)=C1F. The minimum absolute atomic E-state index is 0.0606. The van der Waals surface area contributed by atoms with Gasteiger partial charge in [-0.1, -0.05) is 66.8 Å². The fourth-order valence-electron chi connectivity index (χ4n) is 4.39. The Morgan fingerprint density at radius 3 is 2.25 bits per heavy atom. The van der Waals surface area contributed by atoms with Crippen LogP contribution in [0, 0.1) is 5.92 Å². The van der Waals surface area contributed by atoms with Crippen molar-refractivity contribution in [2.75, 3.05) is 6.61 Å². The van der Waals surface area contributed by atoms with Gasteiger partial charge < -0.3 is 9.84 Å². The first kappa shape index (κ1) is 25.7. The fraction of sp³-hybridized carbons (Fsp3) is 0.267. The Kier molecular flexibility index (Phi) is 7.94. The van der Waals surface area contributed by atoms with E-state index in [0.29, 0.717) is 23.1 Å². The molecule has 2 aliphatic carbocycles. The third-order valence-electron chi connectivity index (χ3n) is 6.48. The second-order valence-electron chi connectivity index (χ2n) is 8.90. The van der Waals surface area contributed by atoms with Crippen LogP contribution in [0.15, 0.2) is 95.8 Å². The van der Waals surface area contributed by atoms with Gasteiger partial charge in [-0.15, -0.1) is 0 Å². The zero-order valence-corrected chi connectivity index (χ0v) is 20.1. The van der Waals surface area contributed by atoms with Crippen molar-refractivity contribution in [3.8, 4) is 0 Å². The number of rotatable bonds is 7. The number of allylic oxidation sites excluding steroid dienone is 8. The molecule has 188 valence electrons. The lowest BCUT2D eigenvalue weighted by molar-refractivity contribution is 0.199. The Morgan fingerprint density at radius 1 is 0.917 bits per heavy atom. The molecule has 0 amide bonds. The molecule has 0 heterocycles. The van der Waals surface area contributed by atoms with Gasteiger partial charge in [0.15, 0.2) is 17.4 Å². The summed E-state index contributed by atoms with van der Waals surface area (Å²) in [4.78, 5) is 0. The Bertz CT molecular complexity index is 1250. The lowest BCUT2D eigenvalue weighted by atomic mass is 9.89. The standard InChI is InChI=1S/C30H28F4O2/c1-3-36-26-17-16-25(29(33)30(26)34)21-7-4-19(5-8-21)6-9-23-14-15-24(28(32)27(23)31)22-12-10-20(11-13-22)18(2)35/h4-13,15,17-18,23,25,35H,3,14,16H2,1-2H3/b9-6+. The summed E-state index contributed by atoms with van der Waals surface area (Å²) in [5.74, 6) is -5.06. The molecule has 0 bridgehead atoms. The molecule has 0 spiro atoms. The van der Waals surface area contributed by atoms with Gasteiger partial charge in [-0.2, -0.15) is 4.39 Å². The Labute approximate surface area is 208 Å². The van der Waals surface area contributed by atoms with Crippen molar-refractivity contribution in [3.63, 3.8) is 0 Å². The number of benzene rings is 2. The second kappa shape index (κ2) is 11.1. The zero-order chi connectivity index (χ0) is 25.8. The lowest BCUT2D eigenvalue weighted by Gasteiger charge is -2.20. The number of hydrogen-bond acceptors (Lipinski definition) is 2. The average molecular weight is 497 g/mol. The van der Waals surface area contributed by atoms with Crippen LogP contribution in [0.4, 0.5) is 17.6 Å². The van der Waals surface area contributed by atoms with Crippen LogP contribution >= 0.6 is 0 Å². The summed E-state index contributed by atoms with van der Waals surface area (Å²) in [5.41, 5.74) is 2.81. The van der Waals surface area contributed by atoms with Gasteiger partial charge in [0.1, 0.15) is 11.7 Å². The highest BCUT2D eigenvalue weighted by atomic mass is 19.2. The van der Waals surface area contributed by atoms with Crippen molar-refractivity contribution in [3.05, 3.63) is 118 Å². The topological polar surface area (TPSA) is 29.5 Å². The molecule has 6 heteroatoms. The minimum atomic E-state index is -0.968. The molecule has 3 atom stereocenters. The van der Waals surface area contributed by atoms with Crippen molar-refractivity contribution in [1.29, 1.82) is 0 Å². The van der Waals surface area contributed by atoms with Gasteiger partial charge in [-0.3, -0.25) is 0 Å². The third kappa shape index (κ3) is 5.39. The van der Waals surface area contributed by atoms with Gasteiger partial charge in [-0.25, -0.2) is 13.2 Å². The molecule has 0 aliphatic heterocycles. The Hall–Kier alpha value is -3.38. The van der Waals surface area contributed by atoms with Crippen LogP contribution in [0.5, 0.6) is 0 Å². The summed E-state index contributed by atoms with van der Waals surface area (Å²) < 4.78 is 63.6. The molecule has 0 radical (unpaired) electrons. The van der Waals surface area contributed by atoms with Crippen LogP contribution in [-0.2, 0) is 4.74 Å².